The minimum Gasteiger partial charge on any atom is -0.486 e. The summed E-state index contributed by atoms with van der Waals surface area (Å²) in [6.45, 7) is 6.16. The highest BCUT2D eigenvalue weighted by Crippen LogP contribution is 2.45. The van der Waals surface area contributed by atoms with Crippen molar-refractivity contribution in [2.75, 3.05) is 18.0 Å². The van der Waals surface area contributed by atoms with Crippen LogP contribution in [0, 0.1) is 0 Å². The molecule has 10 nitrogen and oxygen atoms in total. The van der Waals surface area contributed by atoms with E-state index in [-0.39, 0.29) is 24.3 Å². The number of hydrogen-bond donors (Lipinski definition) is 0. The number of alkyl halides is 3. The van der Waals surface area contributed by atoms with Crippen LogP contribution < -0.4 is 9.64 Å². The molecule has 38 heavy (non-hydrogen) atoms. The summed E-state index contributed by atoms with van der Waals surface area (Å²) in [7, 11) is 0. The number of fused-ring (bicyclic) bond motifs is 1. The fourth-order valence-electron chi connectivity index (χ4n) is 4.59. The molecule has 0 radical (unpaired) electrons. The molecule has 2 aromatic heterocycles. The fraction of sp³-hybridized carbons (Fsp3) is 0.500. The number of aromatic nitrogens is 5. The maximum atomic E-state index is 13.4. The first-order valence-corrected chi connectivity index (χ1v) is 12.8. The number of hydrogen-bond acceptors (Lipinski definition) is 10. The number of rotatable bonds is 4. The molecule has 0 aliphatic carbocycles. The molecule has 4 heterocycles. The van der Waals surface area contributed by atoms with E-state index in [2.05, 4.69) is 20.4 Å². The molecule has 0 atom stereocenters. The summed E-state index contributed by atoms with van der Waals surface area (Å²) in [5, 5.41) is 12.9. The molecule has 0 bridgehead atoms. The molecule has 0 N–H and O–H groups in total. The third kappa shape index (κ3) is 5.35. The van der Waals surface area contributed by atoms with Gasteiger partial charge in [-0.2, -0.15) is 18.0 Å². The van der Waals surface area contributed by atoms with Gasteiger partial charge >= 0.3 is 12.1 Å². The number of tetrazole rings is 1. The molecular formula is C24H25F3N6O4S. The predicted octanol–water partition coefficient (Wildman–Crippen LogP) is 4.16. The third-order valence-electron chi connectivity index (χ3n) is 6.22. The molecule has 1 saturated heterocycles. The maximum Gasteiger partial charge on any atom is 0.417 e. The van der Waals surface area contributed by atoms with E-state index in [1.54, 1.807) is 27.0 Å². The molecule has 5 rings (SSSR count). The number of thiazole rings is 1. The molecular weight excluding hydrogens is 525 g/mol. The highest BCUT2D eigenvalue weighted by Gasteiger charge is 2.46. The summed E-state index contributed by atoms with van der Waals surface area (Å²) < 4.78 is 51.5. The van der Waals surface area contributed by atoms with Crippen molar-refractivity contribution in [1.29, 1.82) is 0 Å². The minimum atomic E-state index is -4.63. The number of halogens is 3. The lowest BCUT2D eigenvalue weighted by molar-refractivity contribution is -0.156. The first-order valence-electron chi connectivity index (χ1n) is 12.0. The SMILES string of the molecule is CC(C)(C)OC(=O)Cn1nnc(-c2cnc(N3CCC4(CC3)CC(=O)c3c(cccc3C(F)(F)F)O4)s2)n1. The van der Waals surface area contributed by atoms with E-state index >= 15 is 0 Å². The van der Waals surface area contributed by atoms with Crippen molar-refractivity contribution in [2.45, 2.75) is 64.0 Å². The first kappa shape index (κ1) is 26.1. The summed E-state index contributed by atoms with van der Waals surface area (Å²) in [6.07, 6.45) is -2.21. The zero-order valence-corrected chi connectivity index (χ0v) is 21.7. The number of anilines is 1. The van der Waals surface area contributed by atoms with Gasteiger partial charge in [0.05, 0.1) is 28.6 Å². The quantitative estimate of drug-likeness (QED) is 0.442. The summed E-state index contributed by atoms with van der Waals surface area (Å²) in [4.78, 5) is 33.1. The smallest absolute Gasteiger partial charge is 0.417 e. The Morgan fingerprint density at radius 3 is 2.63 bits per heavy atom. The summed E-state index contributed by atoms with van der Waals surface area (Å²) in [5.41, 5.74) is -2.81. The van der Waals surface area contributed by atoms with Gasteiger partial charge in [0.25, 0.3) is 0 Å². The second-order valence-corrected chi connectivity index (χ2v) is 11.3. The van der Waals surface area contributed by atoms with E-state index in [1.807, 2.05) is 4.90 Å². The molecule has 0 saturated carbocycles. The lowest BCUT2D eigenvalue weighted by atomic mass is 9.81. The van der Waals surface area contributed by atoms with Gasteiger partial charge in [0.15, 0.2) is 17.5 Å². The topological polar surface area (TPSA) is 112 Å². The molecule has 2 aliphatic heterocycles. The molecule has 1 fully saturated rings. The number of esters is 1. The van der Waals surface area contributed by atoms with Crippen LogP contribution in [-0.4, -0.2) is 61.2 Å². The molecule has 0 amide bonds. The minimum absolute atomic E-state index is 0.0124. The monoisotopic (exact) mass is 550 g/mol. The van der Waals surface area contributed by atoms with Crippen LogP contribution in [0.5, 0.6) is 5.75 Å². The summed E-state index contributed by atoms with van der Waals surface area (Å²) >= 11 is 1.35. The Balaban J connectivity index is 1.24. The van der Waals surface area contributed by atoms with Crippen LogP contribution >= 0.6 is 11.3 Å². The van der Waals surface area contributed by atoms with Crippen molar-refractivity contribution in [2.24, 2.45) is 0 Å². The molecule has 2 aliphatic rings. The van der Waals surface area contributed by atoms with Gasteiger partial charge in [0.2, 0.25) is 5.82 Å². The van der Waals surface area contributed by atoms with E-state index in [9.17, 15) is 22.8 Å². The standard InChI is InChI=1S/C24H25F3N6O4S/c1-22(2,3)37-18(35)13-33-30-20(29-31-33)17-12-28-21(38-17)32-9-7-23(8-10-32)11-15(34)19-14(24(25,26)27)5-4-6-16(19)36-23/h4-6,12H,7-11,13H2,1-3H3. The summed E-state index contributed by atoms with van der Waals surface area (Å²) in [6, 6.07) is 3.59. The van der Waals surface area contributed by atoms with Gasteiger partial charge in [-0.05, 0) is 38.1 Å². The summed E-state index contributed by atoms with van der Waals surface area (Å²) in [5.74, 6) is -0.718. The van der Waals surface area contributed by atoms with Gasteiger partial charge in [-0.1, -0.05) is 17.4 Å². The molecule has 202 valence electrons. The number of carbonyl (C=O) groups excluding carboxylic acids is 2. The number of benzene rings is 1. The molecule has 0 unspecified atom stereocenters. The highest BCUT2D eigenvalue weighted by atomic mass is 32.1. The Hall–Kier alpha value is -3.55. The van der Waals surface area contributed by atoms with Gasteiger partial charge in [0, 0.05) is 25.9 Å². The van der Waals surface area contributed by atoms with Gasteiger partial charge in [-0.3, -0.25) is 4.79 Å². The van der Waals surface area contributed by atoms with E-state index in [4.69, 9.17) is 9.47 Å². The zero-order valence-electron chi connectivity index (χ0n) is 20.9. The Labute approximate surface area is 219 Å². The van der Waals surface area contributed by atoms with Crippen LogP contribution in [-0.2, 0) is 22.3 Å². The predicted molar refractivity (Wildman–Crippen MR) is 130 cm³/mol. The largest absolute Gasteiger partial charge is 0.486 e. The van der Waals surface area contributed by atoms with Crippen LogP contribution in [0.15, 0.2) is 24.4 Å². The Bertz CT molecular complexity index is 1370. The van der Waals surface area contributed by atoms with Gasteiger partial charge in [-0.25, -0.2) is 9.78 Å². The number of ether oxygens (including phenoxy) is 2. The Morgan fingerprint density at radius 1 is 1.21 bits per heavy atom. The fourth-order valence-corrected chi connectivity index (χ4v) is 5.48. The van der Waals surface area contributed by atoms with Gasteiger partial charge < -0.3 is 14.4 Å². The van der Waals surface area contributed by atoms with E-state index in [0.29, 0.717) is 41.8 Å². The zero-order chi connectivity index (χ0) is 27.3. The second kappa shape index (κ2) is 9.33. The first-order chi connectivity index (χ1) is 17.8. The Kier molecular flexibility index (Phi) is 6.40. The van der Waals surface area contributed by atoms with Crippen molar-refractivity contribution in [3.05, 3.63) is 35.5 Å². The second-order valence-electron chi connectivity index (χ2n) is 10.3. The van der Waals surface area contributed by atoms with Crippen molar-refractivity contribution in [1.82, 2.24) is 25.2 Å². The Morgan fingerprint density at radius 2 is 1.95 bits per heavy atom. The van der Waals surface area contributed by atoms with E-state index in [1.165, 1.54) is 23.5 Å². The molecule has 14 heteroatoms. The third-order valence-corrected chi connectivity index (χ3v) is 7.28. The van der Waals surface area contributed by atoms with Crippen molar-refractivity contribution in [3.8, 4) is 16.5 Å². The van der Waals surface area contributed by atoms with Crippen molar-refractivity contribution >= 4 is 28.2 Å². The number of nitrogens with zero attached hydrogens (tertiary/aromatic N) is 6. The van der Waals surface area contributed by atoms with E-state index in [0.717, 1.165) is 10.9 Å². The van der Waals surface area contributed by atoms with E-state index < -0.39 is 34.7 Å². The van der Waals surface area contributed by atoms with Crippen LogP contribution in [0.3, 0.4) is 0 Å². The van der Waals surface area contributed by atoms with Crippen LogP contribution in [0.4, 0.5) is 18.3 Å². The van der Waals surface area contributed by atoms with Crippen LogP contribution in [0.25, 0.3) is 10.7 Å². The lowest BCUT2D eigenvalue weighted by Gasteiger charge is -2.44. The molecule has 3 aromatic rings. The van der Waals surface area contributed by atoms with Crippen LogP contribution in [0.1, 0.15) is 56.0 Å². The average Bonchev–Trinajstić information content (AvgIpc) is 3.47. The molecule has 1 aromatic carbocycles. The lowest BCUT2D eigenvalue weighted by Crippen LogP contribution is -2.51. The van der Waals surface area contributed by atoms with Gasteiger partial charge in [0.1, 0.15) is 17.0 Å². The molecule has 1 spiro atoms. The average molecular weight is 551 g/mol. The normalized spacial score (nSPS) is 17.3. The number of carbonyl (C=O) groups is 2. The van der Waals surface area contributed by atoms with Crippen LogP contribution in [0.2, 0.25) is 0 Å². The van der Waals surface area contributed by atoms with Crippen molar-refractivity contribution in [3.63, 3.8) is 0 Å². The van der Waals surface area contributed by atoms with Crippen molar-refractivity contribution < 1.29 is 32.2 Å². The number of ketones is 1. The number of piperidine rings is 1. The van der Waals surface area contributed by atoms with Gasteiger partial charge in [-0.15, -0.1) is 10.2 Å². The maximum absolute atomic E-state index is 13.4. The highest BCUT2D eigenvalue weighted by molar-refractivity contribution is 7.18. The number of Topliss-reactive ketones (excluding diaryl/α,β-unsaturated/α-hetero) is 1.